The summed E-state index contributed by atoms with van der Waals surface area (Å²) < 4.78 is 44.2. The van der Waals surface area contributed by atoms with Crippen LogP contribution >= 0.6 is 0 Å². The van der Waals surface area contributed by atoms with Crippen molar-refractivity contribution in [1.82, 2.24) is 9.97 Å². The number of nitrogens with one attached hydrogen (secondary N) is 1. The van der Waals surface area contributed by atoms with Gasteiger partial charge in [-0.05, 0) is 24.3 Å². The van der Waals surface area contributed by atoms with Crippen LogP contribution in [0.3, 0.4) is 0 Å². The zero-order valence-electron chi connectivity index (χ0n) is 12.1. The second-order valence-corrected chi connectivity index (χ2v) is 4.74. The Bertz CT molecular complexity index is 849. The predicted molar refractivity (Wildman–Crippen MR) is 80.8 cm³/mol. The lowest BCUT2D eigenvalue weighted by molar-refractivity contribution is -0.144. The number of hydrogen-bond donors (Lipinski definition) is 1. The third kappa shape index (κ3) is 3.03. The predicted octanol–water partition coefficient (Wildman–Crippen LogP) is 4.40. The van der Waals surface area contributed by atoms with Gasteiger partial charge in [0.05, 0.1) is 18.3 Å². The summed E-state index contributed by atoms with van der Waals surface area (Å²) in [6.45, 7) is 0. The molecule has 3 aromatic rings. The van der Waals surface area contributed by atoms with Crippen LogP contribution in [0.2, 0.25) is 0 Å². The first kappa shape index (κ1) is 15.1. The van der Waals surface area contributed by atoms with Gasteiger partial charge in [0.25, 0.3) is 0 Å². The average Bonchev–Trinajstić information content (AvgIpc) is 2.54. The molecule has 0 spiro atoms. The van der Waals surface area contributed by atoms with Crippen molar-refractivity contribution in [3.05, 3.63) is 54.4 Å². The molecular formula is C16H12F3N3O. The summed E-state index contributed by atoms with van der Waals surface area (Å²) in [5, 5.41) is 3.39. The molecular weight excluding hydrogens is 307 g/mol. The Balaban J connectivity index is 2.15. The largest absolute Gasteiger partial charge is 0.495 e. The minimum atomic E-state index is -4.62. The smallest absolute Gasteiger partial charge is 0.451 e. The van der Waals surface area contributed by atoms with Crippen LogP contribution in [0, 0.1) is 0 Å². The second-order valence-electron chi connectivity index (χ2n) is 4.74. The summed E-state index contributed by atoms with van der Waals surface area (Å²) >= 11 is 0. The molecule has 1 heterocycles. The highest BCUT2D eigenvalue weighted by atomic mass is 19.4. The molecule has 0 saturated heterocycles. The lowest BCUT2D eigenvalue weighted by Crippen LogP contribution is -2.12. The van der Waals surface area contributed by atoms with Crippen LogP contribution in [0.4, 0.5) is 24.7 Å². The Kier molecular flexibility index (Phi) is 3.77. The lowest BCUT2D eigenvalue weighted by Gasteiger charge is -2.14. The van der Waals surface area contributed by atoms with Crippen molar-refractivity contribution in [2.45, 2.75) is 6.18 Å². The zero-order chi connectivity index (χ0) is 16.4. The Morgan fingerprint density at radius 3 is 2.39 bits per heavy atom. The monoisotopic (exact) mass is 319 g/mol. The van der Waals surface area contributed by atoms with Gasteiger partial charge in [-0.1, -0.05) is 24.3 Å². The fraction of sp³-hybridized carbons (Fsp3) is 0.125. The molecule has 1 N–H and O–H groups in total. The number of rotatable bonds is 3. The summed E-state index contributed by atoms with van der Waals surface area (Å²) in [4.78, 5) is 7.22. The van der Waals surface area contributed by atoms with Gasteiger partial charge < -0.3 is 10.1 Å². The molecule has 0 saturated carbocycles. The molecule has 118 valence electrons. The van der Waals surface area contributed by atoms with Crippen molar-refractivity contribution in [2.75, 3.05) is 12.4 Å². The zero-order valence-corrected chi connectivity index (χ0v) is 12.1. The maximum absolute atomic E-state index is 13.0. The molecule has 0 radical (unpaired) electrons. The number of hydrogen-bond acceptors (Lipinski definition) is 4. The Morgan fingerprint density at radius 2 is 1.65 bits per heavy atom. The van der Waals surface area contributed by atoms with Crippen molar-refractivity contribution >= 4 is 22.4 Å². The van der Waals surface area contributed by atoms with E-state index in [0.717, 1.165) is 0 Å². The number of ether oxygens (including phenoxy) is 1. The Hall–Kier alpha value is -2.83. The molecule has 0 aliphatic rings. The van der Waals surface area contributed by atoms with Crippen LogP contribution in [-0.2, 0) is 6.18 Å². The number of alkyl halides is 3. The molecule has 0 atom stereocenters. The van der Waals surface area contributed by atoms with Crippen LogP contribution in [0.15, 0.2) is 48.5 Å². The van der Waals surface area contributed by atoms with Gasteiger partial charge in [-0.3, -0.25) is 0 Å². The first-order chi connectivity index (χ1) is 11.0. The second kappa shape index (κ2) is 5.75. The summed E-state index contributed by atoms with van der Waals surface area (Å²) in [7, 11) is 1.49. The third-order valence-electron chi connectivity index (χ3n) is 3.22. The number of methoxy groups -OCH3 is 1. The first-order valence-corrected chi connectivity index (χ1v) is 6.73. The van der Waals surface area contributed by atoms with Gasteiger partial charge in [-0.15, -0.1) is 0 Å². The van der Waals surface area contributed by atoms with Crippen LogP contribution in [0.1, 0.15) is 5.82 Å². The van der Waals surface area contributed by atoms with Gasteiger partial charge in [0.2, 0.25) is 5.82 Å². The molecule has 0 aliphatic carbocycles. The minimum absolute atomic E-state index is 0.0763. The molecule has 23 heavy (non-hydrogen) atoms. The van der Waals surface area contributed by atoms with Crippen molar-refractivity contribution in [3.8, 4) is 5.75 Å². The number of fused-ring (bicyclic) bond motifs is 1. The van der Waals surface area contributed by atoms with Crippen LogP contribution in [0.5, 0.6) is 5.75 Å². The summed E-state index contributed by atoms with van der Waals surface area (Å²) in [6.07, 6.45) is -4.62. The number of anilines is 2. The lowest BCUT2D eigenvalue weighted by atomic mass is 10.2. The molecule has 0 amide bonds. The molecule has 1 aromatic heterocycles. The van der Waals surface area contributed by atoms with Crippen molar-refractivity contribution in [2.24, 2.45) is 0 Å². The molecule has 3 rings (SSSR count). The fourth-order valence-electron chi connectivity index (χ4n) is 2.17. The van der Waals surface area contributed by atoms with E-state index in [0.29, 0.717) is 16.8 Å². The Morgan fingerprint density at radius 1 is 0.957 bits per heavy atom. The van der Waals surface area contributed by atoms with E-state index in [9.17, 15) is 13.2 Å². The highest BCUT2D eigenvalue weighted by Gasteiger charge is 2.35. The van der Waals surface area contributed by atoms with E-state index in [4.69, 9.17) is 4.74 Å². The molecule has 0 unspecified atom stereocenters. The topological polar surface area (TPSA) is 47.0 Å². The van der Waals surface area contributed by atoms with E-state index in [1.54, 1.807) is 42.5 Å². The molecule has 7 heteroatoms. The normalized spacial score (nSPS) is 11.5. The molecule has 0 bridgehead atoms. The van der Waals surface area contributed by atoms with Gasteiger partial charge in [0.15, 0.2) is 0 Å². The number of halogens is 3. The highest BCUT2D eigenvalue weighted by Crippen LogP contribution is 2.33. The van der Waals surface area contributed by atoms with Gasteiger partial charge in [-0.25, -0.2) is 9.97 Å². The van der Waals surface area contributed by atoms with Gasteiger partial charge in [0.1, 0.15) is 11.6 Å². The van der Waals surface area contributed by atoms with Crippen molar-refractivity contribution in [3.63, 3.8) is 0 Å². The minimum Gasteiger partial charge on any atom is -0.495 e. The maximum Gasteiger partial charge on any atom is 0.451 e. The van der Waals surface area contributed by atoms with E-state index < -0.39 is 12.0 Å². The molecule has 0 fully saturated rings. The van der Waals surface area contributed by atoms with Gasteiger partial charge >= 0.3 is 6.18 Å². The SMILES string of the molecule is COc1ccccc1Nc1nc(C(F)(F)F)nc2ccccc12. The summed E-state index contributed by atoms with van der Waals surface area (Å²) in [5.41, 5.74) is 0.735. The standard InChI is InChI=1S/C16H12F3N3O/c1-23-13-9-5-4-8-12(13)20-14-10-6-2-3-7-11(10)21-15(22-14)16(17,18)19/h2-9H,1H3,(H,20,21,22). The number of benzene rings is 2. The summed E-state index contributed by atoms with van der Waals surface area (Å²) in [6, 6.07) is 13.4. The van der Waals surface area contributed by atoms with E-state index in [2.05, 4.69) is 15.3 Å². The number of aromatic nitrogens is 2. The summed E-state index contributed by atoms with van der Waals surface area (Å²) in [5.74, 6) is -0.607. The van der Waals surface area contributed by atoms with Crippen LogP contribution in [-0.4, -0.2) is 17.1 Å². The fourth-order valence-corrected chi connectivity index (χ4v) is 2.17. The van der Waals surface area contributed by atoms with E-state index in [1.165, 1.54) is 13.2 Å². The van der Waals surface area contributed by atoms with E-state index in [-0.39, 0.29) is 11.3 Å². The third-order valence-corrected chi connectivity index (χ3v) is 3.22. The van der Waals surface area contributed by atoms with E-state index in [1.807, 2.05) is 0 Å². The first-order valence-electron chi connectivity index (χ1n) is 6.73. The maximum atomic E-state index is 13.0. The Labute approximate surface area is 129 Å². The number of para-hydroxylation sites is 3. The molecule has 0 aliphatic heterocycles. The molecule has 2 aromatic carbocycles. The van der Waals surface area contributed by atoms with Crippen LogP contribution < -0.4 is 10.1 Å². The van der Waals surface area contributed by atoms with Gasteiger partial charge in [0, 0.05) is 5.39 Å². The van der Waals surface area contributed by atoms with Crippen molar-refractivity contribution in [1.29, 1.82) is 0 Å². The number of nitrogens with zero attached hydrogens (tertiary/aromatic N) is 2. The van der Waals surface area contributed by atoms with Crippen LogP contribution in [0.25, 0.3) is 10.9 Å². The highest BCUT2D eigenvalue weighted by molar-refractivity contribution is 5.91. The average molecular weight is 319 g/mol. The quantitative estimate of drug-likeness (QED) is 0.777. The van der Waals surface area contributed by atoms with Crippen molar-refractivity contribution < 1.29 is 17.9 Å². The van der Waals surface area contributed by atoms with Gasteiger partial charge in [-0.2, -0.15) is 13.2 Å². The van der Waals surface area contributed by atoms with E-state index >= 15 is 0 Å². The molecule has 4 nitrogen and oxygen atoms in total.